The summed E-state index contributed by atoms with van der Waals surface area (Å²) in [6, 6.07) is 0. The second kappa shape index (κ2) is 5.06. The molecule has 5 unspecified atom stereocenters. The Morgan fingerprint density at radius 2 is 2.00 bits per heavy atom. The van der Waals surface area contributed by atoms with E-state index in [1.54, 1.807) is 5.57 Å². The molecule has 0 nitrogen and oxygen atoms in total. The molecule has 0 saturated heterocycles. The van der Waals surface area contributed by atoms with Crippen molar-refractivity contribution in [2.45, 2.75) is 46.5 Å². The molecule has 0 heterocycles. The van der Waals surface area contributed by atoms with E-state index in [0.29, 0.717) is 11.8 Å². The van der Waals surface area contributed by atoms with Crippen LogP contribution in [0.1, 0.15) is 46.5 Å². The summed E-state index contributed by atoms with van der Waals surface area (Å²) in [5.41, 5.74) is 6.03. The maximum absolute atomic E-state index is 4.40. The van der Waals surface area contributed by atoms with Gasteiger partial charge in [-0.3, -0.25) is 0 Å². The van der Waals surface area contributed by atoms with Gasteiger partial charge in [0.15, 0.2) is 0 Å². The molecule has 3 rings (SSSR count). The molecule has 2 saturated carbocycles. The van der Waals surface area contributed by atoms with Crippen LogP contribution in [-0.2, 0) is 0 Å². The molecule has 2 fully saturated rings. The first-order valence-electron chi connectivity index (χ1n) is 8.22. The fourth-order valence-corrected chi connectivity index (χ4v) is 4.97. The minimum Gasteiger partial charge on any atom is -0.0998 e. The molecule has 108 valence electrons. The summed E-state index contributed by atoms with van der Waals surface area (Å²) in [6.07, 6.45) is 9.96. The lowest BCUT2D eigenvalue weighted by Gasteiger charge is -2.43. The zero-order valence-corrected chi connectivity index (χ0v) is 13.3. The van der Waals surface area contributed by atoms with Gasteiger partial charge in [-0.05, 0) is 63.2 Å². The second-order valence-electron chi connectivity index (χ2n) is 7.37. The molecule has 20 heavy (non-hydrogen) atoms. The number of hydrogen-bond acceptors (Lipinski definition) is 0. The molecule has 0 aromatic rings. The van der Waals surface area contributed by atoms with Gasteiger partial charge in [-0.1, -0.05) is 54.5 Å². The summed E-state index contributed by atoms with van der Waals surface area (Å²) in [4.78, 5) is 0. The Hall–Kier alpha value is -1.04. The van der Waals surface area contributed by atoms with Crippen molar-refractivity contribution in [3.05, 3.63) is 47.6 Å². The quantitative estimate of drug-likeness (QED) is 0.536. The molecule has 0 aromatic carbocycles. The highest BCUT2D eigenvalue weighted by Gasteiger charge is 2.44. The number of hydrogen-bond donors (Lipinski definition) is 0. The van der Waals surface area contributed by atoms with Crippen molar-refractivity contribution >= 4 is 0 Å². The third kappa shape index (κ3) is 2.05. The average Bonchev–Trinajstić information content (AvgIpc) is 2.70. The highest BCUT2D eigenvalue weighted by atomic mass is 14.5. The fourth-order valence-electron chi connectivity index (χ4n) is 4.97. The number of fused-ring (bicyclic) bond motifs is 3. The van der Waals surface area contributed by atoms with Crippen molar-refractivity contribution in [2.24, 2.45) is 29.6 Å². The Morgan fingerprint density at radius 1 is 1.25 bits per heavy atom. The van der Waals surface area contributed by atoms with Gasteiger partial charge in [0.1, 0.15) is 0 Å². The van der Waals surface area contributed by atoms with Crippen molar-refractivity contribution in [1.82, 2.24) is 0 Å². The highest BCUT2D eigenvalue weighted by Crippen LogP contribution is 2.54. The Kier molecular flexibility index (Phi) is 3.52. The van der Waals surface area contributed by atoms with Gasteiger partial charge >= 0.3 is 0 Å². The lowest BCUT2D eigenvalue weighted by molar-refractivity contribution is 0.137. The van der Waals surface area contributed by atoms with Crippen LogP contribution in [-0.4, -0.2) is 0 Å². The van der Waals surface area contributed by atoms with Crippen LogP contribution < -0.4 is 0 Å². The lowest BCUT2D eigenvalue weighted by atomic mass is 9.61. The monoisotopic (exact) mass is 268 g/mol. The molecular formula is C20H28. The first-order chi connectivity index (χ1) is 9.50. The summed E-state index contributed by atoms with van der Waals surface area (Å²) in [6.45, 7) is 15.7. The fraction of sp³-hybridized carbons (Fsp3) is 0.600. The van der Waals surface area contributed by atoms with E-state index >= 15 is 0 Å². The predicted octanol–water partition coefficient (Wildman–Crippen LogP) is 5.69. The molecule has 0 N–H and O–H groups in total. The van der Waals surface area contributed by atoms with Gasteiger partial charge in [0.05, 0.1) is 0 Å². The first-order valence-corrected chi connectivity index (χ1v) is 8.22. The van der Waals surface area contributed by atoms with Gasteiger partial charge in [0.2, 0.25) is 0 Å². The van der Waals surface area contributed by atoms with E-state index < -0.39 is 0 Å². The van der Waals surface area contributed by atoms with Crippen LogP contribution in [0.3, 0.4) is 0 Å². The van der Waals surface area contributed by atoms with E-state index in [-0.39, 0.29) is 0 Å². The molecule has 0 radical (unpaired) electrons. The van der Waals surface area contributed by atoms with Crippen LogP contribution in [0.5, 0.6) is 0 Å². The van der Waals surface area contributed by atoms with E-state index in [9.17, 15) is 0 Å². The van der Waals surface area contributed by atoms with E-state index in [2.05, 4.69) is 46.1 Å². The van der Waals surface area contributed by atoms with Crippen molar-refractivity contribution in [3.63, 3.8) is 0 Å². The summed E-state index contributed by atoms with van der Waals surface area (Å²) in [5.74, 6) is 3.61. The lowest BCUT2D eigenvalue weighted by Crippen LogP contribution is -2.35. The van der Waals surface area contributed by atoms with Crippen LogP contribution in [0.2, 0.25) is 0 Å². The van der Waals surface area contributed by atoms with Crippen molar-refractivity contribution < 1.29 is 0 Å². The van der Waals surface area contributed by atoms with Gasteiger partial charge in [-0.2, -0.15) is 0 Å². The molecule has 0 aromatic heterocycles. The van der Waals surface area contributed by atoms with Crippen LogP contribution in [0.4, 0.5) is 0 Å². The molecule has 0 amide bonds. The first kappa shape index (κ1) is 13.9. The van der Waals surface area contributed by atoms with E-state index in [0.717, 1.165) is 17.8 Å². The summed E-state index contributed by atoms with van der Waals surface area (Å²) in [7, 11) is 0. The maximum atomic E-state index is 4.40. The number of rotatable bonds is 1. The average molecular weight is 268 g/mol. The van der Waals surface area contributed by atoms with Crippen molar-refractivity contribution in [2.75, 3.05) is 0 Å². The van der Waals surface area contributed by atoms with Crippen LogP contribution in [0.25, 0.3) is 0 Å². The van der Waals surface area contributed by atoms with Gasteiger partial charge < -0.3 is 0 Å². The molecule has 5 atom stereocenters. The second-order valence-corrected chi connectivity index (χ2v) is 7.37. The molecular weight excluding hydrogens is 240 g/mol. The Labute approximate surface area is 124 Å². The Morgan fingerprint density at radius 3 is 2.70 bits per heavy atom. The summed E-state index contributed by atoms with van der Waals surface area (Å²) >= 11 is 0. The molecule has 3 aliphatic rings. The van der Waals surface area contributed by atoms with Gasteiger partial charge in [0.25, 0.3) is 0 Å². The predicted molar refractivity (Wildman–Crippen MR) is 87.4 cm³/mol. The molecule has 0 bridgehead atoms. The molecule has 3 aliphatic carbocycles. The topological polar surface area (TPSA) is 0 Å². The van der Waals surface area contributed by atoms with Crippen molar-refractivity contribution in [3.8, 4) is 0 Å². The largest absolute Gasteiger partial charge is 0.0998 e. The highest BCUT2D eigenvalue weighted by molar-refractivity contribution is 5.44. The third-order valence-corrected chi connectivity index (χ3v) is 6.12. The zero-order chi connectivity index (χ0) is 14.4. The van der Waals surface area contributed by atoms with E-state index in [4.69, 9.17) is 0 Å². The standard InChI is InChI=1S/C20H28/c1-12(2)16-9-6-14(4)18-10-7-13(3)17-11-8-15(5)19(17)20(16)18/h8,11,14,16-18,20H,1,3,6-7,9-10H2,2,4-5H3. The Balaban J connectivity index is 2.08. The van der Waals surface area contributed by atoms with Crippen LogP contribution in [0, 0.1) is 29.6 Å². The van der Waals surface area contributed by atoms with Gasteiger partial charge in [-0.25, -0.2) is 0 Å². The van der Waals surface area contributed by atoms with Crippen LogP contribution in [0.15, 0.2) is 47.6 Å². The minimum atomic E-state index is 0.525. The number of allylic oxidation sites excluding steroid dienone is 6. The van der Waals surface area contributed by atoms with E-state index in [1.165, 1.54) is 42.4 Å². The van der Waals surface area contributed by atoms with E-state index in [1.807, 2.05) is 0 Å². The summed E-state index contributed by atoms with van der Waals surface area (Å²) in [5, 5.41) is 0. The Bertz CT molecular complexity index is 502. The van der Waals surface area contributed by atoms with Crippen molar-refractivity contribution in [1.29, 1.82) is 0 Å². The smallest absolute Gasteiger partial charge is 0.0196 e. The van der Waals surface area contributed by atoms with Gasteiger partial charge in [0, 0.05) is 5.92 Å². The van der Waals surface area contributed by atoms with Gasteiger partial charge in [-0.15, -0.1) is 0 Å². The molecule has 0 spiro atoms. The molecule has 0 aliphatic heterocycles. The zero-order valence-electron chi connectivity index (χ0n) is 13.3. The normalized spacial score (nSPS) is 40.4. The maximum Gasteiger partial charge on any atom is 0.0196 e. The van der Waals surface area contributed by atoms with Crippen LogP contribution >= 0.6 is 0 Å². The summed E-state index contributed by atoms with van der Waals surface area (Å²) < 4.78 is 0. The minimum absolute atomic E-state index is 0.525. The third-order valence-electron chi connectivity index (χ3n) is 6.12. The SMILES string of the molecule is C=C1CCC2C(C)CCC(C(=C)C)C2C2=C(C)C=CC12. The molecule has 0 heteroatoms.